The van der Waals surface area contributed by atoms with Gasteiger partial charge in [-0.05, 0) is 18.7 Å². The van der Waals surface area contributed by atoms with Crippen LogP contribution >= 0.6 is 0 Å². The van der Waals surface area contributed by atoms with Gasteiger partial charge in [0.15, 0.2) is 0 Å². The van der Waals surface area contributed by atoms with E-state index in [2.05, 4.69) is 25.8 Å². The van der Waals surface area contributed by atoms with Crippen molar-refractivity contribution in [3.05, 3.63) is 30.1 Å². The molecule has 2 nitrogen and oxygen atoms in total. The molecule has 0 saturated heterocycles. The van der Waals surface area contributed by atoms with Crippen LogP contribution in [0.1, 0.15) is 5.69 Å². The van der Waals surface area contributed by atoms with Crippen LogP contribution in [0.4, 0.5) is 0 Å². The minimum Gasteiger partial charge on any atom is -0.352 e. The van der Waals surface area contributed by atoms with Gasteiger partial charge in [0.2, 0.25) is 0 Å². The molecule has 0 N–H and O–H groups in total. The maximum Gasteiger partial charge on any atom is 0.135 e. The van der Waals surface area contributed by atoms with Crippen LogP contribution in [-0.2, 0) is 6.42 Å². The molecule has 4 heteroatoms. The Morgan fingerprint density at radius 2 is 2.18 bits per heavy atom. The van der Waals surface area contributed by atoms with Crippen LogP contribution in [-0.4, -0.2) is 36.6 Å². The average molecular weight is 176 g/mol. The normalized spacial score (nSPS) is 10.5. The number of pyridine rings is 1. The third-order valence-electron chi connectivity index (χ3n) is 1.32. The molecule has 0 spiro atoms. The Bertz CT molecular complexity index is 201. The Labute approximate surface area is 73.6 Å². The summed E-state index contributed by atoms with van der Waals surface area (Å²) in [5, 5.41) is 0. The van der Waals surface area contributed by atoms with Gasteiger partial charge in [0.05, 0.1) is 0 Å². The number of hydrogen-bond donors (Lipinski definition) is 0. The quantitative estimate of drug-likeness (QED) is 0.607. The van der Waals surface area contributed by atoms with Gasteiger partial charge in [-0.2, -0.15) is 0 Å². The molecule has 0 unspecified atom stereocenters. The molecule has 0 atom stereocenters. The van der Waals surface area contributed by atoms with Crippen molar-refractivity contribution < 1.29 is 0 Å². The van der Waals surface area contributed by atoms with E-state index in [0.717, 1.165) is 18.7 Å². The van der Waals surface area contributed by atoms with Gasteiger partial charge in [-0.25, -0.2) is 0 Å². The number of nitrogens with zero attached hydrogens (tertiary/aromatic N) is 2. The Kier molecular flexibility index (Phi) is 3.48. The lowest BCUT2D eigenvalue weighted by Gasteiger charge is -2.07. The topological polar surface area (TPSA) is 16.1 Å². The summed E-state index contributed by atoms with van der Waals surface area (Å²) in [4.78, 5) is 4.18. The highest BCUT2D eigenvalue weighted by Gasteiger charge is 1.93. The maximum absolute atomic E-state index is 4.18. The largest absolute Gasteiger partial charge is 0.352 e. The Hall–Kier alpha value is -0.456. The first-order chi connectivity index (χ1) is 5.29. The summed E-state index contributed by atoms with van der Waals surface area (Å²) >= 11 is 0. The predicted molar refractivity (Wildman–Crippen MR) is 46.2 cm³/mol. The second-order valence-electron chi connectivity index (χ2n) is 2.22. The minimum atomic E-state index is 0.894. The van der Waals surface area contributed by atoms with Crippen LogP contribution < -0.4 is 0 Å². The highest BCUT2D eigenvalue weighted by molar-refractivity contribution is 6.24. The highest BCUT2D eigenvalue weighted by Crippen LogP contribution is 1.94. The monoisotopic (exact) mass is 176 g/mol. The molecule has 1 aromatic heterocycles. The SMILES string of the molecule is [Si]N([Si])CCc1ccccn1. The molecule has 6 radical (unpaired) electrons. The third-order valence-corrected chi connectivity index (χ3v) is 1.76. The van der Waals surface area contributed by atoms with Crippen molar-refractivity contribution in [1.29, 1.82) is 0 Å². The van der Waals surface area contributed by atoms with Crippen LogP contribution in [0.3, 0.4) is 0 Å². The molecular weight excluding hydrogens is 168 g/mol. The second-order valence-corrected chi connectivity index (χ2v) is 3.75. The summed E-state index contributed by atoms with van der Waals surface area (Å²) in [7, 11) is 6.60. The zero-order valence-corrected chi connectivity index (χ0v) is 8.12. The van der Waals surface area contributed by atoms with Gasteiger partial charge in [0.25, 0.3) is 0 Å². The fraction of sp³-hybridized carbons (Fsp3) is 0.286. The lowest BCUT2D eigenvalue weighted by molar-refractivity contribution is 0.681. The second kappa shape index (κ2) is 4.43. The summed E-state index contributed by atoms with van der Waals surface area (Å²) < 4.78 is 1.77. The standard InChI is InChI=1S/C7H8N2Si2/c10-9(11)6-4-7-3-1-2-5-8-7/h1-3,5H,4,6H2. The Morgan fingerprint density at radius 1 is 1.36 bits per heavy atom. The zero-order chi connectivity index (χ0) is 8.10. The molecule has 0 aliphatic heterocycles. The molecule has 0 saturated carbocycles. The lowest BCUT2D eigenvalue weighted by Crippen LogP contribution is -2.19. The zero-order valence-electron chi connectivity index (χ0n) is 6.12. The summed E-state index contributed by atoms with van der Waals surface area (Å²) in [6, 6.07) is 5.93. The molecule has 1 heterocycles. The molecular formula is C7H8N2Si2. The van der Waals surface area contributed by atoms with Crippen molar-refractivity contribution in [1.82, 2.24) is 9.22 Å². The van der Waals surface area contributed by atoms with E-state index < -0.39 is 0 Å². The van der Waals surface area contributed by atoms with E-state index in [0.29, 0.717) is 0 Å². The molecule has 0 fully saturated rings. The molecule has 0 aliphatic rings. The first-order valence-electron chi connectivity index (χ1n) is 3.39. The van der Waals surface area contributed by atoms with Crippen LogP contribution in [0, 0.1) is 0 Å². The maximum atomic E-state index is 4.18. The Morgan fingerprint density at radius 3 is 2.73 bits per heavy atom. The van der Waals surface area contributed by atoms with Crippen molar-refractivity contribution in [3.63, 3.8) is 0 Å². The number of hydrogen-bond acceptors (Lipinski definition) is 2. The molecule has 11 heavy (non-hydrogen) atoms. The fourth-order valence-electron chi connectivity index (χ4n) is 0.772. The van der Waals surface area contributed by atoms with Crippen molar-refractivity contribution in [2.24, 2.45) is 0 Å². The van der Waals surface area contributed by atoms with Gasteiger partial charge in [-0.3, -0.25) is 4.98 Å². The van der Waals surface area contributed by atoms with Crippen molar-refractivity contribution in [3.8, 4) is 0 Å². The van der Waals surface area contributed by atoms with Gasteiger partial charge < -0.3 is 4.23 Å². The van der Waals surface area contributed by atoms with Gasteiger partial charge in [-0.1, -0.05) is 6.07 Å². The van der Waals surface area contributed by atoms with Crippen molar-refractivity contribution in [2.75, 3.05) is 6.54 Å². The molecule has 0 amide bonds. The number of aromatic nitrogens is 1. The molecule has 0 bridgehead atoms. The Balaban J connectivity index is 2.39. The summed E-state index contributed by atoms with van der Waals surface area (Å²) in [6.07, 6.45) is 2.74. The van der Waals surface area contributed by atoms with E-state index in [4.69, 9.17) is 0 Å². The summed E-state index contributed by atoms with van der Waals surface area (Å²) in [5.74, 6) is 0. The predicted octanol–water partition coefficient (Wildman–Crippen LogP) is 0.0931. The molecule has 1 aromatic rings. The molecule has 54 valence electrons. The number of rotatable bonds is 3. The van der Waals surface area contributed by atoms with Crippen LogP contribution in [0.15, 0.2) is 24.4 Å². The van der Waals surface area contributed by atoms with E-state index in [1.54, 1.807) is 10.4 Å². The van der Waals surface area contributed by atoms with Crippen LogP contribution in [0.25, 0.3) is 0 Å². The molecule has 0 aliphatic carbocycles. The van der Waals surface area contributed by atoms with Gasteiger partial charge in [0.1, 0.15) is 20.8 Å². The van der Waals surface area contributed by atoms with E-state index in [1.807, 2.05) is 18.2 Å². The van der Waals surface area contributed by atoms with E-state index in [-0.39, 0.29) is 0 Å². The van der Waals surface area contributed by atoms with Gasteiger partial charge in [0, 0.05) is 18.3 Å². The van der Waals surface area contributed by atoms with Crippen LogP contribution in [0.5, 0.6) is 0 Å². The molecule has 1 rings (SSSR count). The van der Waals surface area contributed by atoms with E-state index in [1.165, 1.54) is 0 Å². The summed E-state index contributed by atoms with van der Waals surface area (Å²) in [6.45, 7) is 0.894. The smallest absolute Gasteiger partial charge is 0.135 e. The first-order valence-corrected chi connectivity index (χ1v) is 4.28. The van der Waals surface area contributed by atoms with E-state index in [9.17, 15) is 0 Å². The van der Waals surface area contributed by atoms with Crippen molar-refractivity contribution >= 4 is 20.8 Å². The highest BCUT2D eigenvalue weighted by atomic mass is 28.2. The molecule has 0 aromatic carbocycles. The van der Waals surface area contributed by atoms with Crippen LogP contribution in [0.2, 0.25) is 0 Å². The third kappa shape index (κ3) is 3.45. The first kappa shape index (κ1) is 8.64. The van der Waals surface area contributed by atoms with Gasteiger partial charge in [-0.15, -0.1) is 0 Å². The average Bonchev–Trinajstić information content (AvgIpc) is 2.03. The van der Waals surface area contributed by atoms with Gasteiger partial charge >= 0.3 is 0 Å². The lowest BCUT2D eigenvalue weighted by atomic mass is 10.3. The van der Waals surface area contributed by atoms with E-state index >= 15 is 0 Å². The fourth-order valence-corrected chi connectivity index (χ4v) is 0.996. The summed E-state index contributed by atoms with van der Waals surface area (Å²) in [5.41, 5.74) is 1.11. The minimum absolute atomic E-state index is 0.894. The van der Waals surface area contributed by atoms with Crippen molar-refractivity contribution in [2.45, 2.75) is 6.42 Å².